The number of methoxy groups -OCH3 is 2. The van der Waals surface area contributed by atoms with E-state index in [1.807, 2.05) is 69.3 Å². The molecule has 1 heterocycles. The number of aromatic nitrogens is 1. The Hall–Kier alpha value is -3.10. The van der Waals surface area contributed by atoms with Crippen LogP contribution >= 0.6 is 11.3 Å². The summed E-state index contributed by atoms with van der Waals surface area (Å²) in [4.78, 5) is 18.5. The van der Waals surface area contributed by atoms with E-state index < -0.39 is 11.7 Å². The minimum atomic E-state index is -0.551. The van der Waals surface area contributed by atoms with Crippen LogP contribution in [0.4, 0.5) is 10.5 Å². The average molecular weight is 457 g/mol. The van der Waals surface area contributed by atoms with Crippen LogP contribution in [-0.4, -0.2) is 44.7 Å². The summed E-state index contributed by atoms with van der Waals surface area (Å²) in [6.45, 7) is 5.69. The maximum atomic E-state index is 12.3. The van der Waals surface area contributed by atoms with E-state index in [-0.39, 0.29) is 6.79 Å². The first-order valence-corrected chi connectivity index (χ1v) is 10.9. The molecule has 2 aromatic carbocycles. The Kier molecular flexibility index (Phi) is 7.37. The van der Waals surface area contributed by atoms with Crippen molar-refractivity contribution in [3.05, 3.63) is 47.0 Å². The molecule has 1 aromatic heterocycles. The zero-order valence-electron chi connectivity index (χ0n) is 19.2. The Labute approximate surface area is 192 Å². The standard InChI is InChI=1S/C24H28N2O5S/c1-24(2,3)31-23(27)26(4)17-9-11-21-18(14-17)25-22(32-21)12-8-16-7-10-19(30-15-28-5)20(13-16)29-6/h7-14H,15H2,1-6H3/b12-8+. The fourth-order valence-corrected chi connectivity index (χ4v) is 3.70. The van der Waals surface area contributed by atoms with Crippen molar-refractivity contribution in [1.29, 1.82) is 0 Å². The molecule has 0 saturated heterocycles. The van der Waals surface area contributed by atoms with Crippen molar-refractivity contribution in [1.82, 2.24) is 4.98 Å². The van der Waals surface area contributed by atoms with Crippen molar-refractivity contribution in [3.8, 4) is 11.5 Å². The van der Waals surface area contributed by atoms with Crippen LogP contribution < -0.4 is 14.4 Å². The van der Waals surface area contributed by atoms with Gasteiger partial charge in [-0.1, -0.05) is 12.1 Å². The van der Waals surface area contributed by atoms with E-state index in [2.05, 4.69) is 4.98 Å². The molecule has 3 rings (SSSR count). The Morgan fingerprint density at radius 3 is 2.56 bits per heavy atom. The van der Waals surface area contributed by atoms with E-state index in [0.717, 1.165) is 26.5 Å². The summed E-state index contributed by atoms with van der Waals surface area (Å²) in [5.74, 6) is 1.25. The molecule has 0 aliphatic carbocycles. The van der Waals surface area contributed by atoms with Crippen LogP contribution in [0, 0.1) is 0 Å². The molecule has 32 heavy (non-hydrogen) atoms. The molecule has 0 saturated carbocycles. The van der Waals surface area contributed by atoms with E-state index in [9.17, 15) is 4.79 Å². The second kappa shape index (κ2) is 10.0. The lowest BCUT2D eigenvalue weighted by molar-refractivity contribution is 0.0491. The first-order chi connectivity index (χ1) is 15.2. The number of benzene rings is 2. The molecular formula is C24H28N2O5S. The average Bonchev–Trinajstić information content (AvgIpc) is 3.16. The van der Waals surface area contributed by atoms with Crippen LogP contribution in [0.5, 0.6) is 11.5 Å². The van der Waals surface area contributed by atoms with E-state index in [1.165, 1.54) is 4.90 Å². The third-order valence-electron chi connectivity index (χ3n) is 4.38. The molecule has 0 bridgehead atoms. The van der Waals surface area contributed by atoms with E-state index in [1.54, 1.807) is 32.6 Å². The van der Waals surface area contributed by atoms with Gasteiger partial charge in [-0.15, -0.1) is 11.3 Å². The predicted molar refractivity (Wildman–Crippen MR) is 129 cm³/mol. The summed E-state index contributed by atoms with van der Waals surface area (Å²) in [6.07, 6.45) is 3.51. The molecule has 0 atom stereocenters. The van der Waals surface area contributed by atoms with Crippen molar-refractivity contribution in [2.45, 2.75) is 26.4 Å². The Morgan fingerprint density at radius 2 is 1.88 bits per heavy atom. The second-order valence-electron chi connectivity index (χ2n) is 8.04. The zero-order valence-corrected chi connectivity index (χ0v) is 20.0. The lowest BCUT2D eigenvalue weighted by atomic mass is 10.2. The molecular weight excluding hydrogens is 428 g/mol. The number of fused-ring (bicyclic) bond motifs is 1. The molecule has 7 nitrogen and oxygen atoms in total. The van der Waals surface area contributed by atoms with E-state index in [0.29, 0.717) is 11.5 Å². The highest BCUT2D eigenvalue weighted by Gasteiger charge is 2.21. The summed E-state index contributed by atoms with van der Waals surface area (Å²) in [5.41, 5.74) is 1.95. The minimum absolute atomic E-state index is 0.155. The molecule has 0 fully saturated rings. The van der Waals surface area contributed by atoms with Gasteiger partial charge in [0, 0.05) is 19.8 Å². The second-order valence-corrected chi connectivity index (χ2v) is 9.10. The first kappa shape index (κ1) is 23.6. The number of anilines is 1. The van der Waals surface area contributed by atoms with Gasteiger partial charge in [0.25, 0.3) is 0 Å². The van der Waals surface area contributed by atoms with Crippen molar-refractivity contribution >= 4 is 45.5 Å². The smallest absolute Gasteiger partial charge is 0.414 e. The van der Waals surface area contributed by atoms with Gasteiger partial charge >= 0.3 is 6.09 Å². The molecule has 0 spiro atoms. The van der Waals surface area contributed by atoms with Crippen molar-refractivity contribution < 1.29 is 23.7 Å². The number of amides is 1. The van der Waals surface area contributed by atoms with Gasteiger partial charge in [-0.3, -0.25) is 4.90 Å². The van der Waals surface area contributed by atoms with Crippen LogP contribution in [0.1, 0.15) is 31.3 Å². The SMILES string of the molecule is COCOc1ccc(/C=C/c2nc3cc(N(C)C(=O)OC(C)(C)C)ccc3s2)cc1OC. The number of rotatable bonds is 7. The Bertz CT molecular complexity index is 1120. The molecule has 0 N–H and O–H groups in total. The number of nitrogens with zero attached hydrogens (tertiary/aromatic N) is 2. The zero-order chi connectivity index (χ0) is 23.3. The van der Waals surface area contributed by atoms with Gasteiger partial charge < -0.3 is 18.9 Å². The third kappa shape index (κ3) is 5.99. The van der Waals surface area contributed by atoms with E-state index in [4.69, 9.17) is 18.9 Å². The minimum Gasteiger partial charge on any atom is -0.493 e. The predicted octanol–water partition coefficient (Wildman–Crippen LogP) is 5.83. The quantitative estimate of drug-likeness (QED) is 0.417. The number of hydrogen-bond acceptors (Lipinski definition) is 7. The van der Waals surface area contributed by atoms with Crippen molar-refractivity contribution in [3.63, 3.8) is 0 Å². The van der Waals surface area contributed by atoms with Crippen LogP contribution in [0.3, 0.4) is 0 Å². The number of ether oxygens (including phenoxy) is 4. The highest BCUT2D eigenvalue weighted by molar-refractivity contribution is 7.19. The molecule has 0 radical (unpaired) electrons. The highest BCUT2D eigenvalue weighted by Crippen LogP contribution is 2.30. The normalized spacial score (nSPS) is 11.7. The molecule has 170 valence electrons. The van der Waals surface area contributed by atoms with Crippen LogP contribution in [-0.2, 0) is 9.47 Å². The number of thiazole rings is 1. The summed E-state index contributed by atoms with van der Waals surface area (Å²) in [6, 6.07) is 11.4. The van der Waals surface area contributed by atoms with Gasteiger partial charge in [-0.2, -0.15) is 0 Å². The summed E-state index contributed by atoms with van der Waals surface area (Å²) >= 11 is 1.57. The van der Waals surface area contributed by atoms with Crippen molar-refractivity contribution in [2.24, 2.45) is 0 Å². The third-order valence-corrected chi connectivity index (χ3v) is 5.38. The molecule has 0 aliphatic heterocycles. The number of carbonyl (C=O) groups is 1. The fourth-order valence-electron chi connectivity index (χ4n) is 2.85. The van der Waals surface area contributed by atoms with Gasteiger partial charge in [0.2, 0.25) is 0 Å². The molecule has 0 unspecified atom stereocenters. The lowest BCUT2D eigenvalue weighted by Crippen LogP contribution is -2.34. The largest absolute Gasteiger partial charge is 0.493 e. The van der Waals surface area contributed by atoms with Crippen LogP contribution in [0.25, 0.3) is 22.4 Å². The van der Waals surface area contributed by atoms with Gasteiger partial charge in [0.05, 0.1) is 17.3 Å². The maximum absolute atomic E-state index is 12.3. The summed E-state index contributed by atoms with van der Waals surface area (Å²) in [5, 5.41) is 0.857. The number of hydrogen-bond donors (Lipinski definition) is 0. The fraction of sp³-hybridized carbons (Fsp3) is 0.333. The van der Waals surface area contributed by atoms with Crippen LogP contribution in [0.15, 0.2) is 36.4 Å². The highest BCUT2D eigenvalue weighted by atomic mass is 32.1. The van der Waals surface area contributed by atoms with Gasteiger partial charge in [0.1, 0.15) is 10.6 Å². The molecule has 3 aromatic rings. The van der Waals surface area contributed by atoms with E-state index >= 15 is 0 Å². The van der Waals surface area contributed by atoms with Gasteiger partial charge in [-0.05, 0) is 62.7 Å². The summed E-state index contributed by atoms with van der Waals surface area (Å²) in [7, 11) is 4.86. The topological polar surface area (TPSA) is 70.1 Å². The Balaban J connectivity index is 1.77. The van der Waals surface area contributed by atoms with Gasteiger partial charge in [0.15, 0.2) is 18.3 Å². The maximum Gasteiger partial charge on any atom is 0.414 e. The molecule has 0 aliphatic rings. The molecule has 1 amide bonds. The lowest BCUT2D eigenvalue weighted by Gasteiger charge is -2.24. The summed E-state index contributed by atoms with van der Waals surface area (Å²) < 4.78 is 22.3. The first-order valence-electron chi connectivity index (χ1n) is 10.1. The Morgan fingerprint density at radius 1 is 1.09 bits per heavy atom. The van der Waals surface area contributed by atoms with Gasteiger partial charge in [-0.25, -0.2) is 9.78 Å². The van der Waals surface area contributed by atoms with Crippen LogP contribution in [0.2, 0.25) is 0 Å². The monoisotopic (exact) mass is 456 g/mol. The van der Waals surface area contributed by atoms with Crippen molar-refractivity contribution in [2.75, 3.05) is 33.0 Å². The molecule has 8 heteroatoms. The number of carbonyl (C=O) groups excluding carboxylic acids is 1.